The molecule has 1 aromatic carbocycles. The lowest BCUT2D eigenvalue weighted by Gasteiger charge is -2.15. The highest BCUT2D eigenvalue weighted by molar-refractivity contribution is 6.01. The molecule has 0 N–H and O–H groups in total. The van der Waals surface area contributed by atoms with E-state index < -0.39 is 29.4 Å². The number of pyridine rings is 1. The Morgan fingerprint density at radius 1 is 1.15 bits per heavy atom. The molecule has 3 aromatic rings. The van der Waals surface area contributed by atoms with Crippen LogP contribution in [-0.2, 0) is 28.4 Å². The molecule has 0 aliphatic rings. The Bertz CT molecular complexity index is 1280. The van der Waals surface area contributed by atoms with E-state index in [0.717, 1.165) is 0 Å². The maximum atomic E-state index is 13.2. The van der Waals surface area contributed by atoms with E-state index in [0.29, 0.717) is 28.6 Å². The molecule has 0 fully saturated rings. The van der Waals surface area contributed by atoms with E-state index in [1.165, 1.54) is 23.0 Å². The molecule has 0 unspecified atom stereocenters. The third-order valence-corrected chi connectivity index (χ3v) is 4.91. The number of benzene rings is 1. The number of carbonyl (C=O) groups excluding carboxylic acids is 1. The summed E-state index contributed by atoms with van der Waals surface area (Å²) in [4.78, 5) is 16.2. The van der Waals surface area contributed by atoms with Gasteiger partial charge in [0.2, 0.25) is 0 Å². The minimum atomic E-state index is -4.97. The van der Waals surface area contributed by atoms with Crippen LogP contribution in [0.1, 0.15) is 34.7 Å². The summed E-state index contributed by atoms with van der Waals surface area (Å²) >= 11 is 0. The molecular weight excluding hydrogens is 464 g/mol. The topological polar surface area (TPSA) is 67.9 Å². The van der Waals surface area contributed by atoms with Gasteiger partial charge in [0.1, 0.15) is 17.3 Å². The molecule has 2 heterocycles. The lowest BCUT2D eigenvalue weighted by molar-refractivity contribution is -0.143. The Hall–Kier alpha value is -3.81. The summed E-state index contributed by atoms with van der Waals surface area (Å²) in [5.74, 6) is -0.861. The number of hydrogen-bond acceptors (Lipinski definition) is 4. The number of aryl methyl sites for hydroxylation is 1. The predicted molar refractivity (Wildman–Crippen MR) is 110 cm³/mol. The second-order valence-corrected chi connectivity index (χ2v) is 7.34. The van der Waals surface area contributed by atoms with Gasteiger partial charge >= 0.3 is 18.3 Å². The summed E-state index contributed by atoms with van der Waals surface area (Å²) in [6.45, 7) is 2.96. The van der Waals surface area contributed by atoms with E-state index in [4.69, 9.17) is 4.74 Å². The van der Waals surface area contributed by atoms with Gasteiger partial charge in [0.05, 0.1) is 17.7 Å². The molecule has 0 amide bonds. The molecule has 5 nitrogen and oxygen atoms in total. The van der Waals surface area contributed by atoms with Gasteiger partial charge < -0.3 is 9.30 Å². The van der Waals surface area contributed by atoms with Crippen LogP contribution in [0.3, 0.4) is 0 Å². The second-order valence-electron chi connectivity index (χ2n) is 7.34. The van der Waals surface area contributed by atoms with Crippen molar-refractivity contribution in [1.82, 2.24) is 9.55 Å². The number of nitrogens with zero attached hydrogens (tertiary/aromatic N) is 3. The fourth-order valence-corrected chi connectivity index (χ4v) is 3.45. The van der Waals surface area contributed by atoms with Crippen LogP contribution in [0.5, 0.6) is 0 Å². The van der Waals surface area contributed by atoms with Crippen molar-refractivity contribution in [3.05, 3.63) is 70.0 Å². The molecule has 2 aromatic heterocycles. The first kappa shape index (κ1) is 24.8. The molecule has 34 heavy (non-hydrogen) atoms. The lowest BCUT2D eigenvalue weighted by atomic mass is 10.0. The zero-order valence-corrected chi connectivity index (χ0v) is 17.9. The van der Waals surface area contributed by atoms with Crippen LogP contribution in [-0.4, -0.2) is 22.1 Å². The number of rotatable bonds is 5. The number of ether oxygens (including phenoxy) is 1. The third-order valence-electron chi connectivity index (χ3n) is 4.91. The Morgan fingerprint density at radius 2 is 1.76 bits per heavy atom. The van der Waals surface area contributed by atoms with Crippen LogP contribution in [0.25, 0.3) is 17.1 Å². The standard InChI is InChI=1S/C23H17F6N3O2/c1-3-34-21(33)15(10-30)8-16-12-32(20-19(16)13(2)4-5-31-20)11-14-6-17(22(24,25)26)9-18(7-14)23(27,28)29/h4-9,12H,3,11H2,1-2H3/b15-8+. The number of carbonyl (C=O) groups is 1. The zero-order valence-electron chi connectivity index (χ0n) is 17.9. The van der Waals surface area contributed by atoms with Crippen LogP contribution < -0.4 is 0 Å². The Morgan fingerprint density at radius 3 is 2.29 bits per heavy atom. The number of halogens is 6. The van der Waals surface area contributed by atoms with Gasteiger partial charge in [0, 0.05) is 29.9 Å². The average Bonchev–Trinajstić information content (AvgIpc) is 3.09. The monoisotopic (exact) mass is 481 g/mol. The summed E-state index contributed by atoms with van der Waals surface area (Å²) in [7, 11) is 0. The Kier molecular flexibility index (Phi) is 6.72. The molecule has 0 aliphatic heterocycles. The second kappa shape index (κ2) is 9.21. The van der Waals surface area contributed by atoms with Crippen molar-refractivity contribution >= 4 is 23.1 Å². The van der Waals surface area contributed by atoms with Crippen molar-refractivity contribution in [2.45, 2.75) is 32.7 Å². The minimum absolute atomic E-state index is 0.0390. The Balaban J connectivity index is 2.17. The molecule has 0 aliphatic carbocycles. The number of alkyl halides is 6. The summed E-state index contributed by atoms with van der Waals surface area (Å²) in [6.07, 6.45) is -5.85. The van der Waals surface area contributed by atoms with Crippen molar-refractivity contribution in [2.75, 3.05) is 6.61 Å². The van der Waals surface area contributed by atoms with Crippen molar-refractivity contribution in [3.8, 4) is 6.07 Å². The maximum absolute atomic E-state index is 13.2. The number of esters is 1. The highest BCUT2D eigenvalue weighted by atomic mass is 19.4. The molecule has 0 atom stereocenters. The van der Waals surface area contributed by atoms with Crippen molar-refractivity contribution in [3.63, 3.8) is 0 Å². The van der Waals surface area contributed by atoms with Gasteiger partial charge in [-0.25, -0.2) is 9.78 Å². The number of aromatic nitrogens is 2. The molecule has 178 valence electrons. The lowest BCUT2D eigenvalue weighted by Crippen LogP contribution is -2.12. The molecule has 11 heteroatoms. The molecule has 0 radical (unpaired) electrons. The van der Waals surface area contributed by atoms with Gasteiger partial charge in [-0.05, 0) is 55.3 Å². The van der Waals surface area contributed by atoms with Crippen LogP contribution in [0.15, 0.2) is 42.2 Å². The fraction of sp³-hybridized carbons (Fsp3) is 0.261. The van der Waals surface area contributed by atoms with Crippen molar-refractivity contribution in [1.29, 1.82) is 5.26 Å². The van der Waals surface area contributed by atoms with Gasteiger partial charge in [0.25, 0.3) is 0 Å². The van der Waals surface area contributed by atoms with Crippen molar-refractivity contribution < 1.29 is 35.9 Å². The summed E-state index contributed by atoms with van der Waals surface area (Å²) < 4.78 is 85.6. The van der Waals surface area contributed by atoms with Crippen LogP contribution in [0.4, 0.5) is 26.3 Å². The van der Waals surface area contributed by atoms with E-state index in [-0.39, 0.29) is 36.0 Å². The van der Waals surface area contributed by atoms with E-state index >= 15 is 0 Å². The van der Waals surface area contributed by atoms with Gasteiger partial charge in [0.15, 0.2) is 0 Å². The van der Waals surface area contributed by atoms with E-state index in [9.17, 15) is 36.4 Å². The van der Waals surface area contributed by atoms with Crippen LogP contribution >= 0.6 is 0 Å². The van der Waals surface area contributed by atoms with Gasteiger partial charge in [-0.1, -0.05) is 0 Å². The first-order valence-electron chi connectivity index (χ1n) is 9.87. The minimum Gasteiger partial charge on any atom is -0.462 e. The fourth-order valence-electron chi connectivity index (χ4n) is 3.45. The maximum Gasteiger partial charge on any atom is 0.416 e. The van der Waals surface area contributed by atoms with Crippen LogP contribution in [0.2, 0.25) is 0 Å². The van der Waals surface area contributed by atoms with E-state index in [1.807, 2.05) is 0 Å². The Labute approximate surface area is 189 Å². The van der Waals surface area contributed by atoms with Gasteiger partial charge in [-0.2, -0.15) is 31.6 Å². The van der Waals surface area contributed by atoms with Crippen LogP contribution in [0, 0.1) is 18.3 Å². The van der Waals surface area contributed by atoms with Crippen molar-refractivity contribution in [2.24, 2.45) is 0 Å². The van der Waals surface area contributed by atoms with E-state index in [2.05, 4.69) is 4.98 Å². The quantitative estimate of drug-likeness (QED) is 0.197. The number of fused-ring (bicyclic) bond motifs is 1. The van der Waals surface area contributed by atoms with Gasteiger partial charge in [-0.15, -0.1) is 0 Å². The smallest absolute Gasteiger partial charge is 0.416 e. The van der Waals surface area contributed by atoms with Gasteiger partial charge in [-0.3, -0.25) is 0 Å². The molecular formula is C23H17F6N3O2. The summed E-state index contributed by atoms with van der Waals surface area (Å²) in [6, 6.07) is 4.73. The molecule has 0 saturated heterocycles. The predicted octanol–water partition coefficient (Wildman–Crippen LogP) is 5.90. The molecule has 0 saturated carbocycles. The number of hydrogen-bond donors (Lipinski definition) is 0. The largest absolute Gasteiger partial charge is 0.462 e. The third kappa shape index (κ3) is 5.22. The zero-order chi connectivity index (χ0) is 25.3. The molecule has 0 spiro atoms. The number of nitriles is 1. The highest BCUT2D eigenvalue weighted by Gasteiger charge is 2.37. The molecule has 3 rings (SSSR count). The van der Waals surface area contributed by atoms with E-state index in [1.54, 1.807) is 26.0 Å². The first-order chi connectivity index (χ1) is 15.8. The summed E-state index contributed by atoms with van der Waals surface area (Å²) in [5, 5.41) is 9.82. The molecule has 0 bridgehead atoms. The summed E-state index contributed by atoms with van der Waals surface area (Å²) in [5.41, 5.74) is -2.13. The first-order valence-corrected chi connectivity index (χ1v) is 9.87. The SMILES string of the molecule is CCOC(=O)/C(C#N)=C/c1cn(Cc2cc(C(F)(F)F)cc(C(F)(F)F)c2)c2nccc(C)c12. The highest BCUT2D eigenvalue weighted by Crippen LogP contribution is 2.37. The normalized spacial score (nSPS) is 12.6. The average molecular weight is 481 g/mol.